The van der Waals surface area contributed by atoms with E-state index in [1.807, 2.05) is 27.9 Å². The first-order valence-corrected chi connectivity index (χ1v) is 12.3. The van der Waals surface area contributed by atoms with E-state index in [9.17, 15) is 19.8 Å². The van der Waals surface area contributed by atoms with Crippen molar-refractivity contribution in [3.63, 3.8) is 0 Å². The summed E-state index contributed by atoms with van der Waals surface area (Å²) in [5.74, 6) is -0.821. The van der Waals surface area contributed by atoms with Gasteiger partial charge in [-0.15, -0.1) is 0 Å². The minimum absolute atomic E-state index is 0.0544. The third kappa shape index (κ3) is 5.82. The highest BCUT2D eigenvalue weighted by Gasteiger charge is 2.44. The average molecular weight is 497 g/mol. The molecule has 36 heavy (non-hydrogen) atoms. The summed E-state index contributed by atoms with van der Waals surface area (Å²) in [7, 11) is 3.90. The SMILES string of the molecule is CCOc1cc(C2/C(=C(\[O-])c3ccc(OCC(C)C)cc3C)C(=O)C(=O)N2CC[NH+](C)C)ccc1O. The lowest BCUT2D eigenvalue weighted by Crippen LogP contribution is -3.06. The average Bonchev–Trinajstić information content (AvgIpc) is 3.07. The van der Waals surface area contributed by atoms with Crippen molar-refractivity contribution < 1.29 is 34.2 Å². The number of ether oxygens (including phenoxy) is 2. The molecule has 1 saturated heterocycles. The first-order valence-electron chi connectivity index (χ1n) is 12.3. The van der Waals surface area contributed by atoms with Gasteiger partial charge in [0.2, 0.25) is 5.78 Å². The third-order valence-corrected chi connectivity index (χ3v) is 6.01. The molecule has 1 heterocycles. The van der Waals surface area contributed by atoms with E-state index in [1.165, 1.54) is 11.0 Å². The van der Waals surface area contributed by atoms with Gasteiger partial charge in [-0.25, -0.2) is 0 Å². The fraction of sp³-hybridized carbons (Fsp3) is 0.429. The highest BCUT2D eigenvalue weighted by atomic mass is 16.5. The number of phenols is 1. The monoisotopic (exact) mass is 496 g/mol. The number of nitrogens with one attached hydrogen (secondary N) is 1. The lowest BCUT2D eigenvalue weighted by atomic mass is 9.93. The molecule has 1 unspecified atom stereocenters. The van der Waals surface area contributed by atoms with Crippen LogP contribution in [0.5, 0.6) is 17.2 Å². The van der Waals surface area contributed by atoms with Gasteiger partial charge in [0, 0.05) is 5.57 Å². The number of nitrogens with zero attached hydrogens (tertiary/aromatic N) is 1. The second-order valence-electron chi connectivity index (χ2n) is 9.77. The van der Waals surface area contributed by atoms with Gasteiger partial charge < -0.3 is 29.5 Å². The van der Waals surface area contributed by atoms with Gasteiger partial charge in [-0.1, -0.05) is 31.7 Å². The number of carbonyl (C=O) groups excluding carboxylic acids is 2. The van der Waals surface area contributed by atoms with Crippen LogP contribution >= 0.6 is 0 Å². The van der Waals surface area contributed by atoms with Gasteiger partial charge in [0.15, 0.2) is 11.5 Å². The number of amides is 1. The Bertz CT molecular complexity index is 1150. The first kappa shape index (κ1) is 27.1. The number of Topliss-reactive ketones (excluding diaryl/α,β-unsaturated/α-hetero) is 1. The van der Waals surface area contributed by atoms with Crippen LogP contribution in [-0.4, -0.2) is 62.1 Å². The predicted molar refractivity (Wildman–Crippen MR) is 135 cm³/mol. The predicted octanol–water partition coefficient (Wildman–Crippen LogP) is 1.50. The normalized spacial score (nSPS) is 17.3. The largest absolute Gasteiger partial charge is 0.872 e. The van der Waals surface area contributed by atoms with Crippen molar-refractivity contribution in [1.82, 2.24) is 4.90 Å². The van der Waals surface area contributed by atoms with Gasteiger partial charge in [-0.3, -0.25) is 9.59 Å². The second-order valence-corrected chi connectivity index (χ2v) is 9.77. The standard InChI is InChI=1S/C28H36N2O6/c1-7-35-23-15-19(8-11-22(23)31)25-24(27(33)28(34)30(25)13-12-29(5)6)26(32)21-10-9-20(14-18(21)4)36-16-17(2)3/h8-11,14-15,17,25,31-32H,7,12-13,16H2,1-6H3/b26-24+. The molecular weight excluding hydrogens is 460 g/mol. The molecule has 0 saturated carbocycles. The Morgan fingerprint density at radius 1 is 1.14 bits per heavy atom. The zero-order valence-corrected chi connectivity index (χ0v) is 21.9. The van der Waals surface area contributed by atoms with E-state index in [2.05, 4.69) is 0 Å². The van der Waals surface area contributed by atoms with E-state index in [-0.39, 0.29) is 17.1 Å². The van der Waals surface area contributed by atoms with Gasteiger partial charge in [0.05, 0.1) is 46.4 Å². The Balaban J connectivity index is 2.13. The zero-order chi connectivity index (χ0) is 26.6. The highest BCUT2D eigenvalue weighted by molar-refractivity contribution is 6.46. The number of aryl methyl sites for hydroxylation is 1. The van der Waals surface area contributed by atoms with Crippen molar-refractivity contribution in [3.8, 4) is 17.2 Å². The molecule has 1 aliphatic heterocycles. The Morgan fingerprint density at radius 3 is 2.47 bits per heavy atom. The molecule has 1 aliphatic rings. The van der Waals surface area contributed by atoms with Gasteiger partial charge >= 0.3 is 0 Å². The molecule has 8 nitrogen and oxygen atoms in total. The minimum atomic E-state index is -0.882. The molecule has 2 aromatic carbocycles. The molecule has 2 N–H and O–H groups in total. The summed E-state index contributed by atoms with van der Waals surface area (Å²) in [5, 5.41) is 24.0. The Morgan fingerprint density at radius 2 is 1.86 bits per heavy atom. The Hall–Kier alpha value is -3.52. The summed E-state index contributed by atoms with van der Waals surface area (Å²) < 4.78 is 11.3. The lowest BCUT2D eigenvalue weighted by Gasteiger charge is -2.28. The lowest BCUT2D eigenvalue weighted by molar-refractivity contribution is -0.857. The van der Waals surface area contributed by atoms with Gasteiger partial charge in [-0.05, 0) is 60.7 Å². The molecule has 0 radical (unpaired) electrons. The van der Waals surface area contributed by atoms with Crippen molar-refractivity contribution in [2.45, 2.75) is 33.7 Å². The Labute approximate surface area is 212 Å². The first-order chi connectivity index (χ1) is 17.0. The van der Waals surface area contributed by atoms with E-state index in [1.54, 1.807) is 44.2 Å². The molecule has 1 fully saturated rings. The molecule has 0 spiro atoms. The molecule has 0 aromatic heterocycles. The van der Waals surface area contributed by atoms with Crippen LogP contribution in [0.25, 0.3) is 5.76 Å². The molecule has 1 atom stereocenters. The number of aromatic hydroxyl groups is 1. The van der Waals surface area contributed by atoms with Crippen LogP contribution in [0, 0.1) is 12.8 Å². The van der Waals surface area contributed by atoms with E-state index in [4.69, 9.17) is 9.47 Å². The molecule has 1 amide bonds. The van der Waals surface area contributed by atoms with Gasteiger partial charge in [-0.2, -0.15) is 0 Å². The molecule has 0 aliphatic carbocycles. The maximum Gasteiger partial charge on any atom is 0.295 e. The number of phenolic OH excluding ortho intramolecular Hbond substituents is 1. The number of benzene rings is 2. The van der Waals surface area contributed by atoms with Crippen LogP contribution in [0.4, 0.5) is 0 Å². The van der Waals surface area contributed by atoms with Crippen molar-refractivity contribution >= 4 is 17.4 Å². The van der Waals surface area contributed by atoms with Crippen LogP contribution in [0.3, 0.4) is 0 Å². The van der Waals surface area contributed by atoms with Crippen LogP contribution < -0.4 is 19.5 Å². The molecular formula is C28H36N2O6. The quantitative estimate of drug-likeness (QED) is 0.294. The third-order valence-electron chi connectivity index (χ3n) is 6.01. The van der Waals surface area contributed by atoms with Crippen LogP contribution in [0.15, 0.2) is 42.0 Å². The number of hydrogen-bond acceptors (Lipinski definition) is 6. The number of hydrogen-bond donors (Lipinski definition) is 2. The number of carbonyl (C=O) groups is 2. The van der Waals surface area contributed by atoms with E-state index < -0.39 is 23.5 Å². The summed E-state index contributed by atoms with van der Waals surface area (Å²) in [4.78, 5) is 28.9. The number of quaternary nitrogens is 1. The molecule has 194 valence electrons. The number of likely N-dealkylation sites (N-methyl/N-ethyl adjacent to an activating group) is 1. The second kappa shape index (κ2) is 11.5. The highest BCUT2D eigenvalue weighted by Crippen LogP contribution is 2.41. The zero-order valence-electron chi connectivity index (χ0n) is 21.9. The smallest absolute Gasteiger partial charge is 0.295 e. The van der Waals surface area contributed by atoms with Crippen molar-refractivity contribution in [2.75, 3.05) is 40.4 Å². The molecule has 3 rings (SSSR count). The maximum absolute atomic E-state index is 13.8. The van der Waals surface area contributed by atoms with Crippen molar-refractivity contribution in [1.29, 1.82) is 0 Å². The van der Waals surface area contributed by atoms with Gasteiger partial charge in [0.25, 0.3) is 5.91 Å². The van der Waals surface area contributed by atoms with Gasteiger partial charge in [0.1, 0.15) is 5.75 Å². The fourth-order valence-electron chi connectivity index (χ4n) is 4.15. The maximum atomic E-state index is 13.8. The molecule has 2 aromatic rings. The van der Waals surface area contributed by atoms with E-state index in [0.29, 0.717) is 54.7 Å². The Kier molecular flexibility index (Phi) is 8.63. The number of likely N-dealkylation sites (tertiary alicyclic amines) is 1. The fourth-order valence-corrected chi connectivity index (χ4v) is 4.15. The van der Waals surface area contributed by atoms with E-state index in [0.717, 1.165) is 4.90 Å². The summed E-state index contributed by atoms with van der Waals surface area (Å²) in [5.41, 5.74) is 1.43. The molecule has 8 heteroatoms. The van der Waals surface area contributed by atoms with E-state index >= 15 is 0 Å². The summed E-state index contributed by atoms with van der Waals surface area (Å²) in [6, 6.07) is 8.91. The summed E-state index contributed by atoms with van der Waals surface area (Å²) >= 11 is 0. The number of rotatable bonds is 10. The molecule has 0 bridgehead atoms. The van der Waals surface area contributed by atoms with Crippen LogP contribution in [0.1, 0.15) is 43.5 Å². The van der Waals surface area contributed by atoms with Crippen LogP contribution in [0.2, 0.25) is 0 Å². The number of ketones is 1. The van der Waals surface area contributed by atoms with Crippen molar-refractivity contribution in [2.24, 2.45) is 5.92 Å². The van der Waals surface area contributed by atoms with Crippen LogP contribution in [-0.2, 0) is 9.59 Å². The topological polar surface area (TPSA) is 104 Å². The minimum Gasteiger partial charge on any atom is -0.872 e. The van der Waals surface area contributed by atoms with Crippen molar-refractivity contribution in [3.05, 3.63) is 58.7 Å². The summed E-state index contributed by atoms with van der Waals surface area (Å²) in [6.07, 6.45) is 0. The summed E-state index contributed by atoms with van der Waals surface area (Å²) in [6.45, 7) is 9.43.